The molecule has 0 saturated carbocycles. The van der Waals surface area contributed by atoms with Crippen molar-refractivity contribution in [1.29, 1.82) is 0 Å². The Morgan fingerprint density at radius 3 is 2.30 bits per heavy atom. The second-order valence-corrected chi connectivity index (χ2v) is 7.02. The van der Waals surface area contributed by atoms with E-state index in [0.717, 1.165) is 12.1 Å². The molecule has 1 N–H and O–H groups in total. The van der Waals surface area contributed by atoms with E-state index >= 15 is 0 Å². The summed E-state index contributed by atoms with van der Waals surface area (Å²) in [5.74, 6) is -0.0319. The maximum absolute atomic E-state index is 13.1. The maximum atomic E-state index is 13.1. The van der Waals surface area contributed by atoms with Crippen LogP contribution in [0.25, 0.3) is 0 Å². The lowest BCUT2D eigenvalue weighted by Crippen LogP contribution is -2.38. The first kappa shape index (κ1) is 21.6. The lowest BCUT2D eigenvalue weighted by Gasteiger charge is -2.25. The SMILES string of the molecule is Cc1cc(N(CCc2ccc(C(F)(F)F)cc2)C(=O)C(O)c2ccccc2)n(C)n1. The summed E-state index contributed by atoms with van der Waals surface area (Å²) in [5, 5.41) is 14.9. The molecule has 3 aromatic rings. The van der Waals surface area contributed by atoms with Gasteiger partial charge in [0.05, 0.1) is 11.3 Å². The van der Waals surface area contributed by atoms with Gasteiger partial charge < -0.3 is 5.11 Å². The summed E-state index contributed by atoms with van der Waals surface area (Å²) in [5.41, 5.74) is 1.09. The van der Waals surface area contributed by atoms with Gasteiger partial charge in [0.2, 0.25) is 0 Å². The maximum Gasteiger partial charge on any atom is 0.416 e. The number of anilines is 1. The van der Waals surface area contributed by atoms with Crippen molar-refractivity contribution in [1.82, 2.24) is 9.78 Å². The molecule has 1 amide bonds. The smallest absolute Gasteiger partial charge is 0.378 e. The monoisotopic (exact) mass is 417 g/mol. The number of aliphatic hydroxyl groups is 1. The number of hydrogen-bond acceptors (Lipinski definition) is 3. The van der Waals surface area contributed by atoms with Gasteiger partial charge in [0.25, 0.3) is 5.91 Å². The quantitative estimate of drug-likeness (QED) is 0.658. The Labute approximate surface area is 172 Å². The molecule has 2 aromatic carbocycles. The minimum atomic E-state index is -4.40. The highest BCUT2D eigenvalue weighted by atomic mass is 19.4. The van der Waals surface area contributed by atoms with Crippen LogP contribution in [0.15, 0.2) is 60.7 Å². The summed E-state index contributed by atoms with van der Waals surface area (Å²) < 4.78 is 39.8. The highest BCUT2D eigenvalue weighted by molar-refractivity contribution is 5.96. The number of aromatic nitrogens is 2. The molecule has 158 valence electrons. The largest absolute Gasteiger partial charge is 0.416 e. The van der Waals surface area contributed by atoms with E-state index in [9.17, 15) is 23.1 Å². The second-order valence-electron chi connectivity index (χ2n) is 7.02. The molecule has 0 aliphatic heterocycles. The summed E-state index contributed by atoms with van der Waals surface area (Å²) in [6, 6.07) is 15.1. The van der Waals surface area contributed by atoms with Crippen molar-refractivity contribution in [2.45, 2.75) is 25.6 Å². The zero-order valence-corrected chi connectivity index (χ0v) is 16.6. The van der Waals surface area contributed by atoms with Crippen LogP contribution in [-0.4, -0.2) is 27.3 Å². The summed E-state index contributed by atoms with van der Waals surface area (Å²) in [7, 11) is 1.69. The molecule has 0 radical (unpaired) electrons. The molecule has 3 rings (SSSR count). The second kappa shape index (κ2) is 8.71. The van der Waals surface area contributed by atoms with E-state index < -0.39 is 23.8 Å². The molecule has 0 fully saturated rings. The number of carbonyl (C=O) groups excluding carboxylic acids is 1. The summed E-state index contributed by atoms with van der Waals surface area (Å²) in [4.78, 5) is 14.5. The molecule has 1 unspecified atom stereocenters. The van der Waals surface area contributed by atoms with Crippen molar-refractivity contribution in [2.24, 2.45) is 7.05 Å². The summed E-state index contributed by atoms with van der Waals surface area (Å²) >= 11 is 0. The number of aliphatic hydroxyl groups excluding tert-OH is 1. The normalized spacial score (nSPS) is 12.6. The zero-order chi connectivity index (χ0) is 21.9. The van der Waals surface area contributed by atoms with E-state index in [2.05, 4.69) is 5.10 Å². The average molecular weight is 417 g/mol. The highest BCUT2D eigenvalue weighted by Crippen LogP contribution is 2.29. The number of amides is 1. The molecule has 8 heteroatoms. The van der Waals surface area contributed by atoms with Crippen LogP contribution < -0.4 is 4.90 Å². The summed E-state index contributed by atoms with van der Waals surface area (Å²) in [6.07, 6.45) is -5.45. The van der Waals surface area contributed by atoms with Gasteiger partial charge in [-0.15, -0.1) is 0 Å². The van der Waals surface area contributed by atoms with Crippen molar-refractivity contribution in [3.63, 3.8) is 0 Å². The molecule has 0 bridgehead atoms. The average Bonchev–Trinajstić information content (AvgIpc) is 3.05. The lowest BCUT2D eigenvalue weighted by molar-refractivity contribution is -0.137. The first-order valence-corrected chi connectivity index (χ1v) is 9.38. The van der Waals surface area contributed by atoms with Gasteiger partial charge in [-0.3, -0.25) is 14.4 Å². The molecule has 1 heterocycles. The Morgan fingerprint density at radius 2 is 1.77 bits per heavy atom. The van der Waals surface area contributed by atoms with Crippen molar-refractivity contribution in [3.8, 4) is 0 Å². The number of hydrogen-bond donors (Lipinski definition) is 1. The Bertz CT molecular complexity index is 999. The van der Waals surface area contributed by atoms with Crippen LogP contribution in [0, 0.1) is 6.92 Å². The fourth-order valence-corrected chi connectivity index (χ4v) is 3.21. The highest BCUT2D eigenvalue weighted by Gasteiger charge is 2.30. The molecule has 0 aliphatic rings. The number of alkyl halides is 3. The fourth-order valence-electron chi connectivity index (χ4n) is 3.21. The zero-order valence-electron chi connectivity index (χ0n) is 16.6. The predicted molar refractivity (Wildman–Crippen MR) is 107 cm³/mol. The van der Waals surface area contributed by atoms with E-state index in [0.29, 0.717) is 29.1 Å². The molecule has 30 heavy (non-hydrogen) atoms. The van der Waals surface area contributed by atoms with Gasteiger partial charge in [0.15, 0.2) is 6.10 Å². The van der Waals surface area contributed by atoms with Crippen molar-refractivity contribution in [2.75, 3.05) is 11.4 Å². The first-order valence-electron chi connectivity index (χ1n) is 9.38. The van der Waals surface area contributed by atoms with Crippen LogP contribution in [0.5, 0.6) is 0 Å². The number of rotatable bonds is 6. The van der Waals surface area contributed by atoms with E-state index in [1.807, 2.05) is 0 Å². The Hall–Kier alpha value is -3.13. The number of halogens is 3. The van der Waals surface area contributed by atoms with Crippen LogP contribution in [0.2, 0.25) is 0 Å². The van der Waals surface area contributed by atoms with Crippen LogP contribution in [-0.2, 0) is 24.4 Å². The van der Waals surface area contributed by atoms with Gasteiger partial charge in [0.1, 0.15) is 5.82 Å². The third-order valence-electron chi connectivity index (χ3n) is 4.77. The van der Waals surface area contributed by atoms with E-state index in [4.69, 9.17) is 0 Å². The predicted octanol–water partition coefficient (Wildman–Crippen LogP) is 4.06. The van der Waals surface area contributed by atoms with Crippen LogP contribution in [0.4, 0.5) is 19.0 Å². The molecule has 5 nitrogen and oxygen atoms in total. The van der Waals surface area contributed by atoms with Gasteiger partial charge in [-0.1, -0.05) is 42.5 Å². The lowest BCUT2D eigenvalue weighted by atomic mass is 10.1. The molecule has 0 aliphatic carbocycles. The van der Waals surface area contributed by atoms with Crippen LogP contribution in [0.3, 0.4) is 0 Å². The topological polar surface area (TPSA) is 58.4 Å². The molecule has 1 atom stereocenters. The standard InChI is InChI=1S/C22H22F3N3O2/c1-15-14-19(27(2)26-15)28(21(30)20(29)17-6-4-3-5-7-17)13-12-16-8-10-18(11-9-16)22(23,24)25/h3-11,14,20,29H,12-13H2,1-2H3. The van der Waals surface area contributed by atoms with Crippen molar-refractivity contribution >= 4 is 11.7 Å². The van der Waals surface area contributed by atoms with Crippen molar-refractivity contribution < 1.29 is 23.1 Å². The van der Waals surface area contributed by atoms with Gasteiger partial charge >= 0.3 is 6.18 Å². The molecule has 1 aromatic heterocycles. The molecular weight excluding hydrogens is 395 g/mol. The third-order valence-corrected chi connectivity index (χ3v) is 4.77. The third kappa shape index (κ3) is 4.88. The minimum Gasteiger partial charge on any atom is -0.378 e. The minimum absolute atomic E-state index is 0.174. The number of carbonyl (C=O) groups is 1. The molecular formula is C22H22F3N3O2. The van der Waals surface area contributed by atoms with Crippen molar-refractivity contribution in [3.05, 3.63) is 83.0 Å². The number of benzene rings is 2. The van der Waals surface area contributed by atoms with Gasteiger partial charge in [-0.05, 0) is 36.6 Å². The van der Waals surface area contributed by atoms with E-state index in [1.165, 1.54) is 21.7 Å². The van der Waals surface area contributed by atoms with E-state index in [-0.39, 0.29) is 6.54 Å². The molecule has 0 saturated heterocycles. The van der Waals surface area contributed by atoms with Gasteiger partial charge in [0, 0.05) is 19.7 Å². The van der Waals surface area contributed by atoms with E-state index in [1.54, 1.807) is 50.4 Å². The fraction of sp³-hybridized carbons (Fsp3) is 0.273. The number of aryl methyl sites for hydroxylation is 2. The van der Waals surface area contributed by atoms with Crippen LogP contribution in [0.1, 0.15) is 28.5 Å². The summed E-state index contributed by atoms with van der Waals surface area (Å²) in [6.45, 7) is 1.96. The molecule has 0 spiro atoms. The number of nitrogens with zero attached hydrogens (tertiary/aromatic N) is 3. The Balaban J connectivity index is 1.83. The first-order chi connectivity index (χ1) is 14.2. The Morgan fingerprint density at radius 1 is 1.13 bits per heavy atom. The van der Waals surface area contributed by atoms with Gasteiger partial charge in [-0.25, -0.2) is 0 Å². The van der Waals surface area contributed by atoms with Gasteiger partial charge in [-0.2, -0.15) is 18.3 Å². The Kier molecular flexibility index (Phi) is 6.26. The van der Waals surface area contributed by atoms with Crippen LogP contribution >= 0.6 is 0 Å².